The van der Waals surface area contributed by atoms with E-state index >= 15 is 0 Å². The quantitative estimate of drug-likeness (QED) is 0.469. The van der Waals surface area contributed by atoms with Crippen LogP contribution in [0.5, 0.6) is 0 Å². The first-order valence-electron chi connectivity index (χ1n) is 9.02. The fourth-order valence-electron chi connectivity index (χ4n) is 2.84. The second-order valence-corrected chi connectivity index (χ2v) is 8.24. The van der Waals surface area contributed by atoms with Gasteiger partial charge in [-0.25, -0.2) is 13.6 Å². The number of furan rings is 1. The smallest absolute Gasteiger partial charge is 0.238 e. The van der Waals surface area contributed by atoms with Crippen LogP contribution in [0.15, 0.2) is 70.0 Å². The molecule has 4 N–H and O–H groups in total. The maximum absolute atomic E-state index is 11.3. The molecule has 6 nitrogen and oxygen atoms in total. The summed E-state index contributed by atoms with van der Waals surface area (Å²) in [5.41, 5.74) is 2.86. The third-order valence-electron chi connectivity index (χ3n) is 4.48. The molecule has 3 rings (SSSR count). The fraction of sp³-hybridized carbons (Fsp3) is 0.238. The molecule has 0 saturated heterocycles. The summed E-state index contributed by atoms with van der Waals surface area (Å²) in [4.78, 5) is 0.119. The molecule has 0 radical (unpaired) electrons. The Bertz CT molecular complexity index is 1010. The van der Waals surface area contributed by atoms with E-state index in [-0.39, 0.29) is 17.3 Å². The second-order valence-electron chi connectivity index (χ2n) is 6.68. The number of nitrogens with two attached hydrogens (primary N) is 1. The highest BCUT2D eigenvalue weighted by atomic mass is 35.5. The summed E-state index contributed by atoms with van der Waals surface area (Å²) in [6.07, 6.45) is 0.278. The summed E-state index contributed by atoms with van der Waals surface area (Å²) in [6.45, 7) is 3.06. The molecule has 1 unspecified atom stereocenters. The Morgan fingerprint density at radius 1 is 1.03 bits per heavy atom. The van der Waals surface area contributed by atoms with Crippen LogP contribution in [0.3, 0.4) is 0 Å². The van der Waals surface area contributed by atoms with Gasteiger partial charge < -0.3 is 14.8 Å². The summed E-state index contributed by atoms with van der Waals surface area (Å²) in [6, 6.07) is 18.1. The Balaban J connectivity index is 0.00000300. The molecule has 0 aliphatic carbocycles. The average molecular weight is 437 g/mol. The standard InChI is InChI=1S/C21H24N2O4S.ClH/c1-15(24)17-4-6-18(7-5-17)21-11-8-19(27-21)14-23-13-12-16-2-9-20(10-3-16)28(22,25)26;/h2-11,15,23-24H,12-14H2,1H3,(H2,22,25,26);1H. The molecule has 1 heterocycles. The number of nitrogens with one attached hydrogen (secondary N) is 1. The van der Waals surface area contributed by atoms with Gasteiger partial charge >= 0.3 is 0 Å². The van der Waals surface area contributed by atoms with E-state index in [4.69, 9.17) is 9.56 Å². The van der Waals surface area contributed by atoms with Crippen molar-refractivity contribution in [2.75, 3.05) is 6.54 Å². The molecule has 29 heavy (non-hydrogen) atoms. The van der Waals surface area contributed by atoms with Crippen LogP contribution in [0.1, 0.15) is 29.9 Å². The van der Waals surface area contributed by atoms with Crippen molar-refractivity contribution in [1.29, 1.82) is 0 Å². The summed E-state index contributed by atoms with van der Waals surface area (Å²) in [5, 5.41) is 18.0. The van der Waals surface area contributed by atoms with Crippen LogP contribution in [-0.2, 0) is 23.0 Å². The molecular weight excluding hydrogens is 412 g/mol. The second kappa shape index (κ2) is 10.0. The van der Waals surface area contributed by atoms with E-state index in [0.29, 0.717) is 6.54 Å². The molecule has 0 amide bonds. The zero-order chi connectivity index (χ0) is 20.1. The lowest BCUT2D eigenvalue weighted by atomic mass is 10.1. The van der Waals surface area contributed by atoms with E-state index in [0.717, 1.165) is 41.2 Å². The monoisotopic (exact) mass is 436 g/mol. The van der Waals surface area contributed by atoms with Crippen LogP contribution in [0.4, 0.5) is 0 Å². The number of hydrogen-bond donors (Lipinski definition) is 3. The molecule has 0 bridgehead atoms. The topological polar surface area (TPSA) is 106 Å². The molecule has 1 atom stereocenters. The Morgan fingerprint density at radius 2 is 1.69 bits per heavy atom. The minimum atomic E-state index is -3.65. The maximum atomic E-state index is 11.3. The highest BCUT2D eigenvalue weighted by Gasteiger charge is 2.08. The van der Waals surface area contributed by atoms with Crippen LogP contribution in [0, 0.1) is 0 Å². The van der Waals surface area contributed by atoms with Gasteiger partial charge in [0, 0.05) is 5.56 Å². The Labute approximate surface area is 177 Å². The van der Waals surface area contributed by atoms with Crippen molar-refractivity contribution >= 4 is 22.4 Å². The minimum Gasteiger partial charge on any atom is -0.460 e. The number of aliphatic hydroxyl groups excluding tert-OH is 1. The lowest BCUT2D eigenvalue weighted by Crippen LogP contribution is -2.16. The van der Waals surface area contributed by atoms with Crippen molar-refractivity contribution in [2.24, 2.45) is 5.14 Å². The van der Waals surface area contributed by atoms with Crippen LogP contribution >= 0.6 is 12.4 Å². The number of benzene rings is 2. The van der Waals surface area contributed by atoms with E-state index in [2.05, 4.69) is 5.32 Å². The summed E-state index contributed by atoms with van der Waals surface area (Å²) in [5.74, 6) is 1.62. The molecule has 0 spiro atoms. The molecule has 3 aromatic rings. The minimum absolute atomic E-state index is 0. The Hall–Kier alpha value is -2.16. The van der Waals surface area contributed by atoms with Crippen molar-refractivity contribution in [3.05, 3.63) is 77.6 Å². The van der Waals surface area contributed by atoms with Gasteiger partial charge in [0.25, 0.3) is 0 Å². The number of sulfonamides is 1. The van der Waals surface area contributed by atoms with E-state index in [1.165, 1.54) is 12.1 Å². The lowest BCUT2D eigenvalue weighted by Gasteiger charge is -2.05. The first kappa shape index (κ1) is 23.1. The lowest BCUT2D eigenvalue weighted by molar-refractivity contribution is 0.199. The summed E-state index contributed by atoms with van der Waals surface area (Å²) in [7, 11) is -3.65. The van der Waals surface area contributed by atoms with Gasteiger partial charge in [-0.3, -0.25) is 0 Å². The summed E-state index contributed by atoms with van der Waals surface area (Å²) < 4.78 is 28.4. The first-order chi connectivity index (χ1) is 13.3. The highest BCUT2D eigenvalue weighted by Crippen LogP contribution is 2.24. The van der Waals surface area contributed by atoms with Crippen LogP contribution < -0.4 is 10.5 Å². The molecule has 8 heteroatoms. The molecule has 0 saturated carbocycles. The Morgan fingerprint density at radius 3 is 2.28 bits per heavy atom. The molecular formula is C21H25ClN2O4S. The summed E-state index contributed by atoms with van der Waals surface area (Å²) >= 11 is 0. The number of aliphatic hydroxyl groups is 1. The van der Waals surface area contributed by atoms with Crippen molar-refractivity contribution in [3.63, 3.8) is 0 Å². The number of rotatable bonds is 8. The van der Waals surface area contributed by atoms with Crippen molar-refractivity contribution in [1.82, 2.24) is 5.32 Å². The van der Waals surface area contributed by atoms with E-state index in [1.807, 2.05) is 36.4 Å². The number of hydrogen-bond acceptors (Lipinski definition) is 5. The molecule has 1 aromatic heterocycles. The van der Waals surface area contributed by atoms with Crippen molar-refractivity contribution in [2.45, 2.75) is 30.9 Å². The van der Waals surface area contributed by atoms with Crippen molar-refractivity contribution in [3.8, 4) is 11.3 Å². The molecule has 0 fully saturated rings. The van der Waals surface area contributed by atoms with Crippen LogP contribution in [-0.4, -0.2) is 20.1 Å². The van der Waals surface area contributed by atoms with Gasteiger partial charge in [0.05, 0.1) is 17.5 Å². The predicted molar refractivity (Wildman–Crippen MR) is 115 cm³/mol. The fourth-order valence-corrected chi connectivity index (χ4v) is 3.36. The molecule has 0 aliphatic rings. The predicted octanol–water partition coefficient (Wildman–Crippen LogP) is 3.40. The van der Waals surface area contributed by atoms with Gasteiger partial charge in [0.15, 0.2) is 0 Å². The zero-order valence-electron chi connectivity index (χ0n) is 16.0. The number of primary sulfonamides is 1. The van der Waals surface area contributed by atoms with Gasteiger partial charge in [-0.1, -0.05) is 36.4 Å². The van der Waals surface area contributed by atoms with Crippen molar-refractivity contribution < 1.29 is 17.9 Å². The maximum Gasteiger partial charge on any atom is 0.238 e. The van der Waals surface area contributed by atoms with Gasteiger partial charge in [0.2, 0.25) is 10.0 Å². The van der Waals surface area contributed by atoms with Crippen LogP contribution in [0.2, 0.25) is 0 Å². The number of halogens is 1. The largest absolute Gasteiger partial charge is 0.460 e. The van der Waals surface area contributed by atoms with E-state index in [9.17, 15) is 13.5 Å². The van der Waals surface area contributed by atoms with Gasteiger partial charge in [-0.2, -0.15) is 0 Å². The molecule has 2 aromatic carbocycles. The SMILES string of the molecule is CC(O)c1ccc(-c2ccc(CNCCc3ccc(S(N)(=O)=O)cc3)o2)cc1.Cl. The average Bonchev–Trinajstić information content (AvgIpc) is 3.14. The van der Waals surface area contributed by atoms with E-state index in [1.54, 1.807) is 19.1 Å². The van der Waals surface area contributed by atoms with Crippen LogP contribution in [0.25, 0.3) is 11.3 Å². The molecule has 156 valence electrons. The van der Waals surface area contributed by atoms with Gasteiger partial charge in [0.1, 0.15) is 11.5 Å². The first-order valence-corrected chi connectivity index (χ1v) is 10.6. The normalized spacial score (nSPS) is 12.4. The third-order valence-corrected chi connectivity index (χ3v) is 5.41. The highest BCUT2D eigenvalue weighted by molar-refractivity contribution is 7.89. The van der Waals surface area contributed by atoms with E-state index < -0.39 is 16.1 Å². The molecule has 0 aliphatic heterocycles. The Kier molecular flexibility index (Phi) is 8.01. The zero-order valence-corrected chi connectivity index (χ0v) is 17.7. The van der Waals surface area contributed by atoms with Gasteiger partial charge in [-0.05, 0) is 55.3 Å². The van der Waals surface area contributed by atoms with Gasteiger partial charge in [-0.15, -0.1) is 12.4 Å². The third kappa shape index (κ3) is 6.42.